The van der Waals surface area contributed by atoms with Crippen molar-refractivity contribution in [2.75, 3.05) is 24.5 Å². The molecule has 0 aliphatic carbocycles. The van der Waals surface area contributed by atoms with E-state index < -0.39 is 0 Å². The second-order valence-electron chi connectivity index (χ2n) is 5.76. The van der Waals surface area contributed by atoms with E-state index in [4.69, 9.17) is 11.6 Å². The van der Waals surface area contributed by atoms with Crippen molar-refractivity contribution in [2.24, 2.45) is 5.92 Å². The van der Waals surface area contributed by atoms with Crippen LogP contribution in [-0.2, 0) is 11.2 Å². The van der Waals surface area contributed by atoms with Crippen LogP contribution in [0.25, 0.3) is 0 Å². The summed E-state index contributed by atoms with van der Waals surface area (Å²) in [6.07, 6.45) is 6.17. The number of nitrogens with zero attached hydrogens (tertiary/aromatic N) is 3. The first-order chi connectivity index (χ1) is 11.2. The van der Waals surface area contributed by atoms with Crippen LogP contribution in [-0.4, -0.2) is 35.5 Å². The summed E-state index contributed by atoms with van der Waals surface area (Å²) in [4.78, 5) is 22.3. The van der Waals surface area contributed by atoms with E-state index in [0.717, 1.165) is 30.2 Å². The van der Waals surface area contributed by atoms with E-state index in [1.807, 2.05) is 18.2 Å². The highest BCUT2D eigenvalue weighted by Gasteiger charge is 2.23. The van der Waals surface area contributed by atoms with Crippen LogP contribution < -0.4 is 10.2 Å². The molecule has 3 rings (SSSR count). The van der Waals surface area contributed by atoms with E-state index in [9.17, 15) is 4.79 Å². The van der Waals surface area contributed by atoms with E-state index in [2.05, 4.69) is 26.3 Å². The molecule has 1 atom stereocenters. The summed E-state index contributed by atoms with van der Waals surface area (Å²) in [7, 11) is 0. The number of nitrogens with one attached hydrogen (secondary N) is 1. The first-order valence-corrected chi connectivity index (χ1v) is 8.10. The summed E-state index contributed by atoms with van der Waals surface area (Å²) in [5.41, 5.74) is 1.84. The Hall–Kier alpha value is -2.14. The van der Waals surface area contributed by atoms with Crippen molar-refractivity contribution in [1.82, 2.24) is 15.3 Å². The molecule has 0 bridgehead atoms. The molecule has 2 aromatic rings. The quantitative estimate of drug-likeness (QED) is 0.914. The number of halogens is 1. The van der Waals surface area contributed by atoms with Gasteiger partial charge in [0, 0.05) is 48.9 Å². The lowest BCUT2D eigenvalue weighted by molar-refractivity contribution is -0.120. The number of anilines is 1. The number of hydrogen-bond acceptors (Lipinski definition) is 4. The first-order valence-electron chi connectivity index (χ1n) is 7.73. The first kappa shape index (κ1) is 15.7. The standard InChI is InChI=1S/C17H19ClN4O/c18-14-2-1-3-16(8-14)22-7-4-13(12-22)10-21-17(23)9-15-11-19-5-6-20-15/h1-3,5-6,8,11,13H,4,7,9-10,12H2,(H,21,23)/t13-/m0/s1. The molecule has 1 aliphatic heterocycles. The minimum absolute atomic E-state index is 0.00768. The van der Waals surface area contributed by atoms with E-state index >= 15 is 0 Å². The van der Waals surface area contributed by atoms with Crippen molar-refractivity contribution < 1.29 is 4.79 Å². The van der Waals surface area contributed by atoms with Gasteiger partial charge < -0.3 is 10.2 Å². The van der Waals surface area contributed by atoms with Crippen LogP contribution in [0.4, 0.5) is 5.69 Å². The summed E-state index contributed by atoms with van der Waals surface area (Å²) in [6.45, 7) is 2.62. The second kappa shape index (κ2) is 7.42. The number of benzene rings is 1. The highest BCUT2D eigenvalue weighted by atomic mass is 35.5. The summed E-state index contributed by atoms with van der Waals surface area (Å²) < 4.78 is 0. The maximum Gasteiger partial charge on any atom is 0.226 e. The fourth-order valence-corrected chi connectivity index (χ4v) is 3.00. The summed E-state index contributed by atoms with van der Waals surface area (Å²) in [5.74, 6) is 0.450. The number of carbonyl (C=O) groups is 1. The molecule has 0 spiro atoms. The van der Waals surface area contributed by atoms with E-state index in [1.54, 1.807) is 18.6 Å². The summed E-state index contributed by atoms with van der Waals surface area (Å²) >= 11 is 6.04. The van der Waals surface area contributed by atoms with Gasteiger partial charge in [0.15, 0.2) is 0 Å². The monoisotopic (exact) mass is 330 g/mol. The van der Waals surface area contributed by atoms with Crippen molar-refractivity contribution in [3.63, 3.8) is 0 Å². The van der Waals surface area contributed by atoms with Gasteiger partial charge in [-0.2, -0.15) is 0 Å². The molecule has 1 saturated heterocycles. The number of aromatic nitrogens is 2. The smallest absolute Gasteiger partial charge is 0.226 e. The zero-order valence-corrected chi connectivity index (χ0v) is 13.5. The van der Waals surface area contributed by atoms with Crippen molar-refractivity contribution in [1.29, 1.82) is 0 Å². The average Bonchev–Trinajstić information content (AvgIpc) is 3.03. The largest absolute Gasteiger partial charge is 0.371 e. The van der Waals surface area contributed by atoms with Gasteiger partial charge in [-0.15, -0.1) is 0 Å². The maximum absolute atomic E-state index is 12.0. The zero-order chi connectivity index (χ0) is 16.1. The molecular formula is C17H19ClN4O. The Kier molecular flexibility index (Phi) is 5.08. The Morgan fingerprint density at radius 3 is 3.09 bits per heavy atom. The predicted molar refractivity (Wildman–Crippen MR) is 90.5 cm³/mol. The number of hydrogen-bond donors (Lipinski definition) is 1. The van der Waals surface area contributed by atoms with Crippen LogP contribution in [0, 0.1) is 5.92 Å². The van der Waals surface area contributed by atoms with Gasteiger partial charge in [0.2, 0.25) is 5.91 Å². The second-order valence-corrected chi connectivity index (χ2v) is 6.19. The number of carbonyl (C=O) groups excluding carboxylic acids is 1. The fraction of sp³-hybridized carbons (Fsp3) is 0.353. The van der Waals surface area contributed by atoms with E-state index in [-0.39, 0.29) is 12.3 Å². The molecule has 1 aromatic carbocycles. The summed E-state index contributed by atoms with van der Waals surface area (Å²) in [5, 5.41) is 3.75. The van der Waals surface area contributed by atoms with Crippen LogP contribution in [0.2, 0.25) is 5.02 Å². The van der Waals surface area contributed by atoms with Crippen LogP contribution in [0.15, 0.2) is 42.9 Å². The van der Waals surface area contributed by atoms with Crippen LogP contribution >= 0.6 is 11.6 Å². The lowest BCUT2D eigenvalue weighted by Gasteiger charge is -2.19. The Morgan fingerprint density at radius 1 is 1.39 bits per heavy atom. The van der Waals surface area contributed by atoms with Crippen LogP contribution in [0.1, 0.15) is 12.1 Å². The molecule has 1 aromatic heterocycles. The highest BCUT2D eigenvalue weighted by Crippen LogP contribution is 2.25. The van der Waals surface area contributed by atoms with Crippen molar-refractivity contribution in [2.45, 2.75) is 12.8 Å². The number of amides is 1. The lowest BCUT2D eigenvalue weighted by Crippen LogP contribution is -2.32. The van der Waals surface area contributed by atoms with Gasteiger partial charge in [0.05, 0.1) is 12.1 Å². The Labute approximate surface area is 140 Å². The molecule has 1 N–H and O–H groups in total. The lowest BCUT2D eigenvalue weighted by atomic mass is 10.1. The summed E-state index contributed by atoms with van der Waals surface area (Å²) in [6, 6.07) is 7.90. The molecule has 120 valence electrons. The third-order valence-corrected chi connectivity index (χ3v) is 4.24. The third-order valence-electron chi connectivity index (χ3n) is 4.01. The predicted octanol–water partition coefficient (Wildman–Crippen LogP) is 2.32. The molecule has 1 fully saturated rings. The molecule has 0 saturated carbocycles. The third kappa shape index (κ3) is 4.42. The Morgan fingerprint density at radius 2 is 2.30 bits per heavy atom. The van der Waals surface area contributed by atoms with Gasteiger partial charge >= 0.3 is 0 Å². The Balaban J connectivity index is 1.46. The zero-order valence-electron chi connectivity index (χ0n) is 12.8. The van der Waals surface area contributed by atoms with Crippen molar-refractivity contribution in [3.05, 3.63) is 53.6 Å². The van der Waals surface area contributed by atoms with Gasteiger partial charge in [-0.3, -0.25) is 14.8 Å². The van der Waals surface area contributed by atoms with Gasteiger partial charge in [0.1, 0.15) is 0 Å². The molecular weight excluding hydrogens is 312 g/mol. The molecule has 1 amide bonds. The van der Waals surface area contributed by atoms with Gasteiger partial charge in [-0.1, -0.05) is 17.7 Å². The number of rotatable bonds is 5. The molecule has 2 heterocycles. The van der Waals surface area contributed by atoms with Crippen LogP contribution in [0.5, 0.6) is 0 Å². The molecule has 0 radical (unpaired) electrons. The molecule has 1 aliphatic rings. The molecule has 6 heteroatoms. The minimum atomic E-state index is -0.00768. The average molecular weight is 331 g/mol. The minimum Gasteiger partial charge on any atom is -0.371 e. The maximum atomic E-state index is 12.0. The van der Waals surface area contributed by atoms with Crippen molar-refractivity contribution >= 4 is 23.2 Å². The van der Waals surface area contributed by atoms with Crippen molar-refractivity contribution in [3.8, 4) is 0 Å². The van der Waals surface area contributed by atoms with E-state index in [1.165, 1.54) is 0 Å². The SMILES string of the molecule is O=C(Cc1cnccn1)NC[C@@H]1CCN(c2cccc(Cl)c2)C1. The molecule has 0 unspecified atom stereocenters. The highest BCUT2D eigenvalue weighted by molar-refractivity contribution is 6.30. The van der Waals surface area contributed by atoms with Gasteiger partial charge in [-0.25, -0.2) is 0 Å². The molecule has 23 heavy (non-hydrogen) atoms. The van der Waals surface area contributed by atoms with E-state index in [0.29, 0.717) is 18.2 Å². The van der Waals surface area contributed by atoms with Crippen LogP contribution in [0.3, 0.4) is 0 Å². The fourth-order valence-electron chi connectivity index (χ4n) is 2.81. The normalized spacial score (nSPS) is 17.3. The van der Waals surface area contributed by atoms with Gasteiger partial charge in [0.25, 0.3) is 0 Å². The Bertz CT molecular complexity index is 665. The van der Waals surface area contributed by atoms with Gasteiger partial charge in [-0.05, 0) is 30.5 Å². The topological polar surface area (TPSA) is 58.1 Å². The molecule has 5 nitrogen and oxygen atoms in total.